The summed E-state index contributed by atoms with van der Waals surface area (Å²) in [4.78, 5) is 11.9. The first-order valence-corrected chi connectivity index (χ1v) is 10.3. The summed E-state index contributed by atoms with van der Waals surface area (Å²) in [6.45, 7) is 10.0. The molecule has 1 unspecified atom stereocenters. The molecule has 1 aliphatic rings. The van der Waals surface area contributed by atoms with E-state index in [1.165, 1.54) is 0 Å². The molecule has 0 fully saturated rings. The number of hydrogen-bond donors (Lipinski definition) is 1. The number of allylic oxidation sites excluding steroid dienone is 12. The first-order chi connectivity index (χ1) is 14.4. The molecule has 0 saturated heterocycles. The molecule has 30 heavy (non-hydrogen) atoms. The molecule has 1 atom stereocenters. The third-order valence-corrected chi connectivity index (χ3v) is 5.07. The van der Waals surface area contributed by atoms with Crippen molar-refractivity contribution < 1.29 is 4.79 Å². The lowest BCUT2D eigenvalue weighted by Crippen LogP contribution is -2.03. The zero-order valence-corrected chi connectivity index (χ0v) is 18.6. The second kappa shape index (κ2) is 11.7. The molecule has 3 nitrogen and oxygen atoms in total. The molecule has 0 aliphatic heterocycles. The Morgan fingerprint density at radius 3 is 2.37 bits per heavy atom. The lowest BCUT2D eigenvalue weighted by Gasteiger charge is -2.02. The number of anilines is 1. The van der Waals surface area contributed by atoms with Gasteiger partial charge in [-0.3, -0.25) is 10.2 Å². The van der Waals surface area contributed by atoms with Crippen molar-refractivity contribution in [1.82, 2.24) is 0 Å². The second-order valence-electron chi connectivity index (χ2n) is 7.66. The first-order valence-electron chi connectivity index (χ1n) is 10.3. The molecule has 0 radical (unpaired) electrons. The molecule has 2 rings (SSSR count). The molecule has 1 aromatic rings. The predicted molar refractivity (Wildman–Crippen MR) is 130 cm³/mol. The third-order valence-electron chi connectivity index (χ3n) is 5.07. The molecule has 1 N–H and O–H groups in total. The number of carbonyl (C=O) groups excluding carboxylic acids is 1. The van der Waals surface area contributed by atoms with E-state index in [4.69, 9.17) is 0 Å². The largest absolute Gasteiger partial charge is 0.294 e. The smallest absolute Gasteiger partial charge is 0.161 e. The fourth-order valence-corrected chi connectivity index (χ4v) is 3.06. The second-order valence-corrected chi connectivity index (χ2v) is 7.66. The van der Waals surface area contributed by atoms with Crippen molar-refractivity contribution in [2.24, 2.45) is 11.0 Å². The molecule has 1 aliphatic carbocycles. The summed E-state index contributed by atoms with van der Waals surface area (Å²) < 4.78 is 0. The molecular formula is C27H32N2O. The highest BCUT2D eigenvalue weighted by atomic mass is 16.1. The molecule has 0 bridgehead atoms. The molecule has 1 aromatic carbocycles. The van der Waals surface area contributed by atoms with E-state index < -0.39 is 0 Å². The Bertz CT molecular complexity index is 954. The van der Waals surface area contributed by atoms with Gasteiger partial charge in [-0.05, 0) is 63.0 Å². The molecule has 156 valence electrons. The number of Topliss-reactive ketones (excluding diaryl/α,β-unsaturated/α-hetero) is 1. The van der Waals surface area contributed by atoms with E-state index in [2.05, 4.69) is 29.6 Å². The first kappa shape index (κ1) is 23.1. The number of rotatable bonds is 8. The van der Waals surface area contributed by atoms with Crippen LogP contribution in [-0.2, 0) is 4.79 Å². The van der Waals surface area contributed by atoms with Crippen LogP contribution in [0.15, 0.2) is 106 Å². The number of nitrogens with zero attached hydrogens (tertiary/aromatic N) is 1. The summed E-state index contributed by atoms with van der Waals surface area (Å²) in [6, 6.07) is 9.90. The van der Waals surface area contributed by atoms with Crippen molar-refractivity contribution in [2.45, 2.75) is 41.0 Å². The Morgan fingerprint density at radius 2 is 1.70 bits per heavy atom. The summed E-state index contributed by atoms with van der Waals surface area (Å²) in [5, 5.41) is 4.40. The van der Waals surface area contributed by atoms with Crippen molar-refractivity contribution in [2.75, 3.05) is 5.43 Å². The van der Waals surface area contributed by atoms with Gasteiger partial charge in [-0.15, -0.1) is 0 Å². The summed E-state index contributed by atoms with van der Waals surface area (Å²) in [6.07, 6.45) is 17.1. The van der Waals surface area contributed by atoms with Crippen molar-refractivity contribution in [3.8, 4) is 0 Å². The Morgan fingerprint density at radius 1 is 1.03 bits per heavy atom. The molecule has 0 spiro atoms. The van der Waals surface area contributed by atoms with Crippen LogP contribution in [0.3, 0.4) is 0 Å². The number of nitrogens with one attached hydrogen (secondary N) is 1. The van der Waals surface area contributed by atoms with Crippen molar-refractivity contribution in [3.05, 3.63) is 101 Å². The number of hydrogen-bond acceptors (Lipinski definition) is 3. The highest BCUT2D eigenvalue weighted by molar-refractivity contribution is 6.00. The molecular weight excluding hydrogens is 368 g/mol. The Labute approximate surface area is 181 Å². The van der Waals surface area contributed by atoms with Crippen LogP contribution in [0.4, 0.5) is 5.69 Å². The Hall–Kier alpha value is -3.20. The minimum absolute atomic E-state index is 0.123. The van der Waals surface area contributed by atoms with Gasteiger partial charge in [0.25, 0.3) is 0 Å². The predicted octanol–water partition coefficient (Wildman–Crippen LogP) is 6.96. The standard InChI is InChI=1S/C27H32N2O/c1-20(18-25-19-22(3)27(30)23(25)4)14-10-7-6-8-11-15-21(2)24(5)28-29-26-16-12-9-13-17-26/h6-18,22,29H,19H2,1-5H3/b7-6+,11-8+,14-10+,20-18+,21-15+,28-24+. The van der Waals surface area contributed by atoms with Gasteiger partial charge in [0.2, 0.25) is 0 Å². The van der Waals surface area contributed by atoms with Gasteiger partial charge < -0.3 is 0 Å². The molecule has 0 amide bonds. The number of ketones is 1. The van der Waals surface area contributed by atoms with Gasteiger partial charge in [-0.2, -0.15) is 5.10 Å². The lowest BCUT2D eigenvalue weighted by molar-refractivity contribution is -0.117. The summed E-state index contributed by atoms with van der Waals surface area (Å²) in [7, 11) is 0. The third kappa shape index (κ3) is 7.32. The van der Waals surface area contributed by atoms with Gasteiger partial charge in [0, 0.05) is 5.92 Å². The molecule has 0 aromatic heterocycles. The normalized spacial score (nSPS) is 19.2. The highest BCUT2D eigenvalue weighted by Crippen LogP contribution is 2.29. The van der Waals surface area contributed by atoms with Gasteiger partial charge in [0.1, 0.15) is 0 Å². The summed E-state index contributed by atoms with van der Waals surface area (Å²) >= 11 is 0. The maximum Gasteiger partial charge on any atom is 0.161 e. The maximum absolute atomic E-state index is 11.9. The minimum Gasteiger partial charge on any atom is -0.294 e. The van der Waals surface area contributed by atoms with Crippen LogP contribution in [-0.4, -0.2) is 11.5 Å². The van der Waals surface area contributed by atoms with Crippen LogP contribution in [0, 0.1) is 5.92 Å². The van der Waals surface area contributed by atoms with E-state index in [1.807, 2.05) is 94.5 Å². The van der Waals surface area contributed by atoms with E-state index in [-0.39, 0.29) is 11.7 Å². The number of carbonyl (C=O) groups is 1. The van der Waals surface area contributed by atoms with Crippen LogP contribution in [0.1, 0.15) is 41.0 Å². The van der Waals surface area contributed by atoms with Crippen LogP contribution in [0.2, 0.25) is 0 Å². The van der Waals surface area contributed by atoms with E-state index in [1.54, 1.807) is 0 Å². The summed E-state index contributed by atoms with van der Waals surface area (Å²) in [5.74, 6) is 0.403. The van der Waals surface area contributed by atoms with Gasteiger partial charge in [-0.25, -0.2) is 0 Å². The fourth-order valence-electron chi connectivity index (χ4n) is 3.06. The SMILES string of the molecule is CC1=C(/C=C(C)/C=C/C=C/C=C/C=C(C)/C(C)=N/Nc2ccccc2)CC(C)C1=O. The highest BCUT2D eigenvalue weighted by Gasteiger charge is 2.25. The average Bonchev–Trinajstić information content (AvgIpc) is 2.98. The fraction of sp³-hybridized carbons (Fsp3) is 0.259. The average molecular weight is 401 g/mol. The number of benzene rings is 1. The monoisotopic (exact) mass is 400 g/mol. The molecule has 0 heterocycles. The van der Waals surface area contributed by atoms with Crippen LogP contribution >= 0.6 is 0 Å². The van der Waals surface area contributed by atoms with Gasteiger partial charge >= 0.3 is 0 Å². The van der Waals surface area contributed by atoms with Crippen LogP contribution in [0.5, 0.6) is 0 Å². The molecule has 3 heteroatoms. The minimum atomic E-state index is 0.123. The van der Waals surface area contributed by atoms with Crippen molar-refractivity contribution >= 4 is 17.2 Å². The number of para-hydroxylation sites is 1. The van der Waals surface area contributed by atoms with Crippen molar-refractivity contribution in [1.29, 1.82) is 0 Å². The van der Waals surface area contributed by atoms with Gasteiger partial charge in [0.05, 0.1) is 11.4 Å². The van der Waals surface area contributed by atoms with E-state index in [0.717, 1.165) is 40.1 Å². The van der Waals surface area contributed by atoms with Crippen molar-refractivity contribution in [3.63, 3.8) is 0 Å². The lowest BCUT2D eigenvalue weighted by atomic mass is 10.1. The van der Waals surface area contributed by atoms with E-state index in [9.17, 15) is 4.79 Å². The Kier molecular flexibility index (Phi) is 9.02. The van der Waals surface area contributed by atoms with Crippen LogP contribution in [0.25, 0.3) is 0 Å². The molecule has 0 saturated carbocycles. The van der Waals surface area contributed by atoms with Crippen LogP contribution < -0.4 is 5.43 Å². The number of hydrazone groups is 1. The zero-order valence-electron chi connectivity index (χ0n) is 18.6. The zero-order chi connectivity index (χ0) is 21.9. The van der Waals surface area contributed by atoms with E-state index >= 15 is 0 Å². The quantitative estimate of drug-likeness (QED) is 0.291. The summed E-state index contributed by atoms with van der Waals surface area (Å²) in [5.41, 5.74) is 9.29. The topological polar surface area (TPSA) is 41.5 Å². The Balaban J connectivity index is 1.84. The van der Waals surface area contributed by atoms with Gasteiger partial charge in [0.15, 0.2) is 5.78 Å². The maximum atomic E-state index is 11.9. The van der Waals surface area contributed by atoms with Gasteiger partial charge in [-0.1, -0.05) is 79.3 Å². The van der Waals surface area contributed by atoms with E-state index in [0.29, 0.717) is 0 Å².